The van der Waals surface area contributed by atoms with Gasteiger partial charge < -0.3 is 0 Å². The van der Waals surface area contributed by atoms with Crippen LogP contribution in [0.2, 0.25) is 0 Å². The van der Waals surface area contributed by atoms with Crippen LogP contribution in [0.1, 0.15) is 0 Å². The monoisotopic (exact) mass is 147 g/mol. The summed E-state index contributed by atoms with van der Waals surface area (Å²) in [6.07, 6.45) is 1.02. The van der Waals surface area contributed by atoms with Crippen molar-refractivity contribution in [2.24, 2.45) is 0 Å². The molecule has 8 heavy (non-hydrogen) atoms. The molecule has 0 aromatic rings. The van der Waals surface area contributed by atoms with Crippen LogP contribution in [0.25, 0.3) is 0 Å². The van der Waals surface area contributed by atoms with Gasteiger partial charge in [0, 0.05) is 0 Å². The maximum atomic E-state index is 9.52. The van der Waals surface area contributed by atoms with Gasteiger partial charge in [0.25, 0.3) is 10.1 Å². The molecule has 0 fully saturated rings. The molecule has 0 bridgehead atoms. The molecule has 0 heterocycles. The van der Waals surface area contributed by atoms with Crippen molar-refractivity contribution in [1.82, 2.24) is 0 Å². The molecular weight excluding hydrogens is 143 g/mol. The second-order valence-electron chi connectivity index (χ2n) is 0.871. The summed E-state index contributed by atoms with van der Waals surface area (Å²) in [4.78, 5) is 9.16. The number of hydrogen-bond acceptors (Lipinski definition) is 3. The molecule has 1 N–H and O–H groups in total. The van der Waals surface area contributed by atoms with E-state index in [1.54, 1.807) is 0 Å². The normalized spacial score (nSPS) is 9.62. The maximum absolute atomic E-state index is 9.52. The first kappa shape index (κ1) is 11.4. The molecule has 0 aliphatic carbocycles. The molecule has 4 nitrogen and oxygen atoms in total. The molecule has 0 amide bonds. The molecule has 0 aromatic carbocycles. The van der Waals surface area contributed by atoms with Crippen LogP contribution >= 0.6 is 0 Å². The first-order valence-electron chi connectivity index (χ1n) is 1.36. The van der Waals surface area contributed by atoms with E-state index in [1.165, 1.54) is 0 Å². The molecular formula is C2H4NaO4S. The van der Waals surface area contributed by atoms with Crippen molar-refractivity contribution in [2.75, 3.05) is 5.75 Å². The summed E-state index contributed by atoms with van der Waals surface area (Å²) in [6.45, 7) is 0. The Morgan fingerprint density at radius 1 is 1.50 bits per heavy atom. The van der Waals surface area contributed by atoms with Gasteiger partial charge in [-0.1, -0.05) is 0 Å². The predicted molar refractivity (Wildman–Crippen MR) is 29.3 cm³/mol. The Morgan fingerprint density at radius 2 is 1.88 bits per heavy atom. The van der Waals surface area contributed by atoms with E-state index in [0.717, 1.165) is 6.29 Å². The van der Waals surface area contributed by atoms with Gasteiger partial charge in [0.15, 0.2) is 0 Å². The van der Waals surface area contributed by atoms with E-state index < -0.39 is 15.9 Å². The summed E-state index contributed by atoms with van der Waals surface area (Å²) in [6, 6.07) is 0. The van der Waals surface area contributed by atoms with Gasteiger partial charge in [0.1, 0.15) is 5.75 Å². The fraction of sp³-hybridized carbons (Fsp3) is 0.500. The minimum atomic E-state index is -4.10. The van der Waals surface area contributed by atoms with Crippen molar-refractivity contribution >= 4 is 46.0 Å². The molecule has 43 valence electrons. The second-order valence-corrected chi connectivity index (χ2v) is 2.32. The van der Waals surface area contributed by atoms with Crippen LogP contribution in [0.4, 0.5) is 0 Å². The minimum absolute atomic E-state index is 0. The van der Waals surface area contributed by atoms with E-state index in [2.05, 4.69) is 0 Å². The Kier molecular flexibility index (Phi) is 6.34. The molecule has 0 aliphatic rings. The van der Waals surface area contributed by atoms with Crippen LogP contribution in [-0.4, -0.2) is 54.6 Å². The van der Waals surface area contributed by atoms with Gasteiger partial charge in [-0.25, -0.2) is 0 Å². The van der Waals surface area contributed by atoms with Crippen LogP contribution in [-0.2, 0) is 14.9 Å². The molecule has 0 aliphatic heterocycles. The topological polar surface area (TPSA) is 71.4 Å². The fourth-order valence-corrected chi connectivity index (χ4v) is 0.223. The molecule has 0 atom stereocenters. The molecule has 1 radical (unpaired) electrons. The summed E-state index contributed by atoms with van der Waals surface area (Å²) >= 11 is 0. The summed E-state index contributed by atoms with van der Waals surface area (Å²) in [5, 5.41) is 0. The summed E-state index contributed by atoms with van der Waals surface area (Å²) in [5.74, 6) is -0.938. The third kappa shape index (κ3) is 9.77. The standard InChI is InChI=1S/C2H3O4S.Na.H/c3-1-2-7(4,5)6;;/h2H2,(H,4,5,6);;. The molecule has 0 spiro atoms. The average Bonchev–Trinajstić information content (AvgIpc) is 1.30. The van der Waals surface area contributed by atoms with E-state index in [9.17, 15) is 8.42 Å². The van der Waals surface area contributed by atoms with E-state index in [-0.39, 0.29) is 29.6 Å². The van der Waals surface area contributed by atoms with Crippen molar-refractivity contribution < 1.29 is 17.8 Å². The average molecular weight is 147 g/mol. The third-order valence-corrected chi connectivity index (χ3v) is 0.724. The Morgan fingerprint density at radius 3 is 1.88 bits per heavy atom. The predicted octanol–water partition coefficient (Wildman–Crippen LogP) is -1.66. The van der Waals surface area contributed by atoms with Gasteiger partial charge >= 0.3 is 29.6 Å². The van der Waals surface area contributed by atoms with Gasteiger partial charge in [-0.05, 0) is 0 Å². The van der Waals surface area contributed by atoms with Gasteiger partial charge in [0.05, 0.1) is 0 Å². The van der Waals surface area contributed by atoms with E-state index in [4.69, 9.17) is 9.35 Å². The zero-order valence-electron chi connectivity index (χ0n) is 3.29. The Balaban J connectivity index is 0. The van der Waals surface area contributed by atoms with Crippen molar-refractivity contribution in [3.05, 3.63) is 0 Å². The summed E-state index contributed by atoms with van der Waals surface area (Å²) in [5.41, 5.74) is 0. The van der Waals surface area contributed by atoms with Crippen molar-refractivity contribution in [3.63, 3.8) is 0 Å². The Bertz CT molecular complexity index is 147. The number of carbonyl (C=O) groups excluding carboxylic acids is 1. The van der Waals surface area contributed by atoms with Gasteiger partial charge in [0.2, 0.25) is 6.29 Å². The van der Waals surface area contributed by atoms with Crippen LogP contribution in [0, 0.1) is 0 Å². The molecule has 0 saturated carbocycles. The Labute approximate surface area is 69.3 Å². The van der Waals surface area contributed by atoms with E-state index in [1.807, 2.05) is 0 Å². The molecule has 0 unspecified atom stereocenters. The van der Waals surface area contributed by atoms with Crippen LogP contribution < -0.4 is 0 Å². The van der Waals surface area contributed by atoms with Crippen LogP contribution in [0.3, 0.4) is 0 Å². The molecule has 0 saturated heterocycles. The van der Waals surface area contributed by atoms with Gasteiger partial charge in [-0.15, -0.1) is 0 Å². The van der Waals surface area contributed by atoms with Gasteiger partial charge in [-0.2, -0.15) is 8.42 Å². The zero-order chi connectivity index (χ0) is 5.91. The zero-order valence-corrected chi connectivity index (χ0v) is 4.10. The quantitative estimate of drug-likeness (QED) is 0.374. The fourth-order valence-electron chi connectivity index (χ4n) is 0.0745. The molecule has 0 rings (SSSR count). The Hall–Kier alpha value is 0.580. The molecule has 6 heteroatoms. The van der Waals surface area contributed by atoms with Crippen LogP contribution in [0.15, 0.2) is 0 Å². The van der Waals surface area contributed by atoms with Crippen molar-refractivity contribution in [2.45, 2.75) is 0 Å². The first-order valence-corrected chi connectivity index (χ1v) is 2.97. The first-order chi connectivity index (χ1) is 3.06. The second kappa shape index (κ2) is 4.46. The summed E-state index contributed by atoms with van der Waals surface area (Å²) in [7, 11) is -4.10. The van der Waals surface area contributed by atoms with Crippen molar-refractivity contribution in [1.29, 1.82) is 0 Å². The van der Waals surface area contributed by atoms with Crippen molar-refractivity contribution in [3.8, 4) is 0 Å². The molecule has 0 aromatic heterocycles. The summed E-state index contributed by atoms with van der Waals surface area (Å²) < 4.78 is 26.8. The van der Waals surface area contributed by atoms with E-state index in [0.29, 0.717) is 0 Å². The third-order valence-electron chi connectivity index (χ3n) is 0.241. The van der Waals surface area contributed by atoms with Crippen LogP contribution in [0.5, 0.6) is 0 Å². The van der Waals surface area contributed by atoms with E-state index >= 15 is 0 Å². The SMILES string of the molecule is O=[C]CS(=O)(=O)O.[NaH]. The van der Waals surface area contributed by atoms with Gasteiger partial charge in [-0.3, -0.25) is 9.35 Å². The number of rotatable bonds is 2. The number of hydrogen-bond donors (Lipinski definition) is 1.